The Hall–Kier alpha value is -1.33. The van der Waals surface area contributed by atoms with E-state index in [1.54, 1.807) is 13.8 Å². The van der Waals surface area contributed by atoms with Crippen molar-refractivity contribution in [1.82, 2.24) is 14.8 Å². The summed E-state index contributed by atoms with van der Waals surface area (Å²) in [6.45, 7) is 6.91. The molecular formula is C8H10F3N3. The minimum Gasteiger partial charge on any atom is -0.304 e. The smallest absolute Gasteiger partial charge is 0.304 e. The monoisotopic (exact) mass is 205 g/mol. The van der Waals surface area contributed by atoms with Gasteiger partial charge in [-0.1, -0.05) is 6.58 Å². The van der Waals surface area contributed by atoms with Gasteiger partial charge in [0.15, 0.2) is 5.82 Å². The highest BCUT2D eigenvalue weighted by Gasteiger charge is 2.38. The molecule has 1 aromatic rings. The van der Waals surface area contributed by atoms with Crippen molar-refractivity contribution < 1.29 is 13.2 Å². The second kappa shape index (κ2) is 3.43. The van der Waals surface area contributed by atoms with E-state index in [4.69, 9.17) is 0 Å². The second-order valence-corrected chi connectivity index (χ2v) is 2.87. The molecule has 0 radical (unpaired) electrons. The van der Waals surface area contributed by atoms with E-state index in [1.165, 1.54) is 0 Å². The van der Waals surface area contributed by atoms with E-state index in [0.717, 1.165) is 4.57 Å². The van der Waals surface area contributed by atoms with E-state index in [2.05, 4.69) is 16.8 Å². The molecule has 0 saturated heterocycles. The fraction of sp³-hybridized carbons (Fsp3) is 0.500. The Balaban J connectivity index is 3.28. The van der Waals surface area contributed by atoms with Crippen molar-refractivity contribution in [3.63, 3.8) is 0 Å². The summed E-state index contributed by atoms with van der Waals surface area (Å²) in [5, 5.41) is 6.55. The number of allylic oxidation sites excluding steroid dienone is 1. The number of alkyl halides is 3. The molecule has 6 heteroatoms. The quantitative estimate of drug-likeness (QED) is 0.741. The molecule has 1 rings (SSSR count). The minimum absolute atomic E-state index is 0.171. The van der Waals surface area contributed by atoms with Crippen LogP contribution >= 0.6 is 0 Å². The highest BCUT2D eigenvalue weighted by molar-refractivity contribution is 5.54. The summed E-state index contributed by atoms with van der Waals surface area (Å²) < 4.78 is 38.1. The van der Waals surface area contributed by atoms with Crippen LogP contribution in [-0.2, 0) is 12.7 Å². The van der Waals surface area contributed by atoms with E-state index in [9.17, 15) is 13.2 Å². The van der Waals surface area contributed by atoms with Crippen molar-refractivity contribution in [3.8, 4) is 0 Å². The molecule has 0 aliphatic heterocycles. The Morgan fingerprint density at radius 3 is 2.36 bits per heavy atom. The summed E-state index contributed by atoms with van der Waals surface area (Å²) in [7, 11) is 0. The molecule has 0 atom stereocenters. The lowest BCUT2D eigenvalue weighted by molar-refractivity contribution is -0.147. The normalized spacial score (nSPS) is 11.8. The standard InChI is InChI=1S/C8H10F3N3/c1-4-14-6(5(2)3)12-13-7(14)8(9,10)11/h2,4H2,1,3H3. The van der Waals surface area contributed by atoms with Crippen LogP contribution in [0.4, 0.5) is 13.2 Å². The summed E-state index contributed by atoms with van der Waals surface area (Å²) in [6.07, 6.45) is -4.46. The molecule has 0 amide bonds. The zero-order valence-corrected chi connectivity index (χ0v) is 7.89. The number of nitrogens with zero attached hydrogens (tertiary/aromatic N) is 3. The van der Waals surface area contributed by atoms with Crippen LogP contribution in [0, 0.1) is 0 Å². The summed E-state index contributed by atoms with van der Waals surface area (Å²) >= 11 is 0. The van der Waals surface area contributed by atoms with Crippen molar-refractivity contribution in [3.05, 3.63) is 18.2 Å². The molecule has 14 heavy (non-hydrogen) atoms. The van der Waals surface area contributed by atoms with Crippen molar-refractivity contribution >= 4 is 5.57 Å². The van der Waals surface area contributed by atoms with Crippen molar-refractivity contribution in [2.75, 3.05) is 0 Å². The van der Waals surface area contributed by atoms with Crippen LogP contribution < -0.4 is 0 Å². The molecule has 0 bridgehead atoms. The second-order valence-electron chi connectivity index (χ2n) is 2.87. The van der Waals surface area contributed by atoms with Gasteiger partial charge in [0, 0.05) is 6.54 Å². The topological polar surface area (TPSA) is 30.7 Å². The minimum atomic E-state index is -4.46. The van der Waals surface area contributed by atoms with Crippen LogP contribution in [0.3, 0.4) is 0 Å². The van der Waals surface area contributed by atoms with Crippen LogP contribution in [0.2, 0.25) is 0 Å². The first-order valence-corrected chi connectivity index (χ1v) is 4.04. The first kappa shape index (κ1) is 10.7. The Bertz CT molecular complexity index is 351. The molecule has 0 aliphatic carbocycles. The van der Waals surface area contributed by atoms with Crippen LogP contribution in [0.1, 0.15) is 25.5 Å². The molecule has 0 unspecified atom stereocenters. The summed E-state index contributed by atoms with van der Waals surface area (Å²) in [5.74, 6) is -0.794. The number of aromatic nitrogens is 3. The Morgan fingerprint density at radius 1 is 1.43 bits per heavy atom. The van der Waals surface area contributed by atoms with Gasteiger partial charge in [0.25, 0.3) is 0 Å². The van der Waals surface area contributed by atoms with Gasteiger partial charge < -0.3 is 4.57 Å². The third-order valence-corrected chi connectivity index (χ3v) is 1.70. The van der Waals surface area contributed by atoms with E-state index in [-0.39, 0.29) is 12.4 Å². The van der Waals surface area contributed by atoms with Crippen molar-refractivity contribution in [2.45, 2.75) is 26.6 Å². The van der Waals surface area contributed by atoms with Crippen molar-refractivity contribution in [2.24, 2.45) is 0 Å². The predicted octanol–water partition coefficient (Wildman–Crippen LogP) is 2.35. The molecule has 3 nitrogen and oxygen atoms in total. The SMILES string of the molecule is C=C(C)c1nnc(C(F)(F)F)n1CC. The summed E-state index contributed by atoms with van der Waals surface area (Å²) in [5.41, 5.74) is 0.467. The molecule has 0 spiro atoms. The summed E-state index contributed by atoms with van der Waals surface area (Å²) in [6, 6.07) is 0. The van der Waals surface area contributed by atoms with E-state index in [1.807, 2.05) is 0 Å². The first-order chi connectivity index (χ1) is 6.38. The Labute approximate surface area is 79.3 Å². The van der Waals surface area contributed by atoms with Crippen LogP contribution in [0.25, 0.3) is 5.57 Å². The Morgan fingerprint density at radius 2 is 2.00 bits per heavy atom. The molecule has 0 N–H and O–H groups in total. The zero-order chi connectivity index (χ0) is 10.9. The molecular weight excluding hydrogens is 195 g/mol. The van der Waals surface area contributed by atoms with Gasteiger partial charge in [0.2, 0.25) is 5.82 Å². The van der Waals surface area contributed by atoms with Crippen LogP contribution in [0.5, 0.6) is 0 Å². The molecule has 78 valence electrons. The van der Waals surface area contributed by atoms with E-state index < -0.39 is 12.0 Å². The molecule has 0 aliphatic rings. The first-order valence-electron chi connectivity index (χ1n) is 4.04. The lowest BCUT2D eigenvalue weighted by Gasteiger charge is -2.08. The number of halogens is 3. The fourth-order valence-electron chi connectivity index (χ4n) is 1.13. The third kappa shape index (κ3) is 1.78. The van der Waals surface area contributed by atoms with Crippen LogP contribution in [0.15, 0.2) is 6.58 Å². The molecule has 0 saturated carbocycles. The maximum atomic E-state index is 12.4. The average molecular weight is 205 g/mol. The van der Waals surface area contributed by atoms with Crippen molar-refractivity contribution in [1.29, 1.82) is 0 Å². The van der Waals surface area contributed by atoms with E-state index in [0.29, 0.717) is 5.57 Å². The fourth-order valence-corrected chi connectivity index (χ4v) is 1.13. The maximum absolute atomic E-state index is 12.4. The number of hydrogen-bond donors (Lipinski definition) is 0. The van der Waals surface area contributed by atoms with Gasteiger partial charge in [0.1, 0.15) is 0 Å². The molecule has 0 aromatic carbocycles. The highest BCUT2D eigenvalue weighted by atomic mass is 19.4. The lowest BCUT2D eigenvalue weighted by atomic mass is 10.3. The van der Waals surface area contributed by atoms with Gasteiger partial charge in [0.05, 0.1) is 0 Å². The average Bonchev–Trinajstić information content (AvgIpc) is 2.45. The lowest BCUT2D eigenvalue weighted by Crippen LogP contribution is -2.15. The number of rotatable bonds is 2. The van der Waals surface area contributed by atoms with Gasteiger partial charge in [-0.3, -0.25) is 0 Å². The van der Waals surface area contributed by atoms with Gasteiger partial charge >= 0.3 is 6.18 Å². The van der Waals surface area contributed by atoms with Gasteiger partial charge in [-0.25, -0.2) is 0 Å². The third-order valence-electron chi connectivity index (χ3n) is 1.70. The zero-order valence-electron chi connectivity index (χ0n) is 7.89. The van der Waals surface area contributed by atoms with Gasteiger partial charge in [-0.05, 0) is 19.4 Å². The molecule has 0 fully saturated rings. The maximum Gasteiger partial charge on any atom is 0.451 e. The Kier molecular flexibility index (Phi) is 2.64. The molecule has 1 heterocycles. The summed E-state index contributed by atoms with van der Waals surface area (Å²) in [4.78, 5) is 0. The largest absolute Gasteiger partial charge is 0.451 e. The number of hydrogen-bond acceptors (Lipinski definition) is 2. The predicted molar refractivity (Wildman–Crippen MR) is 45.4 cm³/mol. The van der Waals surface area contributed by atoms with E-state index >= 15 is 0 Å². The molecule has 1 aromatic heterocycles. The van der Waals surface area contributed by atoms with Gasteiger partial charge in [-0.2, -0.15) is 13.2 Å². The highest BCUT2D eigenvalue weighted by Crippen LogP contribution is 2.29. The van der Waals surface area contributed by atoms with Gasteiger partial charge in [-0.15, -0.1) is 10.2 Å². The van der Waals surface area contributed by atoms with Crippen LogP contribution in [-0.4, -0.2) is 14.8 Å².